The Morgan fingerprint density at radius 2 is 1.66 bits per heavy atom. The van der Waals surface area contributed by atoms with Crippen molar-refractivity contribution in [2.75, 3.05) is 14.1 Å². The van der Waals surface area contributed by atoms with Crippen LogP contribution >= 0.6 is 0 Å². The fourth-order valence-corrected chi connectivity index (χ4v) is 4.87. The quantitative estimate of drug-likeness (QED) is 0.561. The van der Waals surface area contributed by atoms with Gasteiger partial charge in [-0.1, -0.05) is 61.4 Å². The first-order valence-electron chi connectivity index (χ1n) is 10.7. The molecule has 1 aliphatic rings. The molecular weight excluding hydrogens is 415 g/mol. The van der Waals surface area contributed by atoms with Crippen LogP contribution in [0, 0.1) is 0 Å². The first-order valence-corrected chi connectivity index (χ1v) is 10.7. The molecule has 1 aliphatic carbocycles. The van der Waals surface area contributed by atoms with E-state index in [1.54, 1.807) is 18.2 Å². The Balaban J connectivity index is 1.80. The highest BCUT2D eigenvalue weighted by Gasteiger charge is 2.45. The third-order valence-corrected chi connectivity index (χ3v) is 6.56. The summed E-state index contributed by atoms with van der Waals surface area (Å²) < 4.78 is 40.5. The van der Waals surface area contributed by atoms with Crippen LogP contribution < -0.4 is 5.32 Å². The Hall–Kier alpha value is -2.93. The number of halogens is 3. The van der Waals surface area contributed by atoms with Gasteiger partial charge in [-0.25, -0.2) is 4.98 Å². The van der Waals surface area contributed by atoms with Gasteiger partial charge in [0.15, 0.2) is 0 Å². The van der Waals surface area contributed by atoms with Gasteiger partial charge in [0, 0.05) is 10.9 Å². The van der Waals surface area contributed by atoms with Crippen LogP contribution in [0.4, 0.5) is 13.2 Å². The maximum atomic E-state index is 13.5. The second-order valence-corrected chi connectivity index (χ2v) is 8.59. The van der Waals surface area contributed by atoms with Crippen LogP contribution in [0.1, 0.15) is 53.3 Å². The predicted octanol–water partition coefficient (Wildman–Crippen LogP) is 5.60. The lowest BCUT2D eigenvalue weighted by atomic mass is 9.82. The Labute approximate surface area is 185 Å². The van der Waals surface area contributed by atoms with E-state index in [1.807, 2.05) is 44.4 Å². The second-order valence-electron chi connectivity index (χ2n) is 8.59. The Morgan fingerprint density at radius 1 is 1.03 bits per heavy atom. The molecule has 0 saturated heterocycles. The van der Waals surface area contributed by atoms with Gasteiger partial charge in [0.1, 0.15) is 5.69 Å². The number of hydrogen-bond donors (Lipinski definition) is 1. The number of hydrogen-bond acceptors (Lipinski definition) is 3. The number of amides is 1. The third-order valence-electron chi connectivity index (χ3n) is 6.56. The lowest BCUT2D eigenvalue weighted by Crippen LogP contribution is -2.53. The molecule has 7 heteroatoms. The SMILES string of the molecule is CN(C)C1(C(NC(=O)c2cc(C(F)(F)F)nc3ccccc23)c2ccccc2)CCCC1. The number of carbonyl (C=O) groups is 1. The van der Waals surface area contributed by atoms with Crippen molar-refractivity contribution in [3.63, 3.8) is 0 Å². The number of benzene rings is 2. The van der Waals surface area contributed by atoms with E-state index in [2.05, 4.69) is 15.2 Å². The van der Waals surface area contributed by atoms with Gasteiger partial charge < -0.3 is 10.2 Å². The third kappa shape index (κ3) is 4.09. The summed E-state index contributed by atoms with van der Waals surface area (Å²) in [6, 6.07) is 16.6. The molecule has 3 aromatic rings. The van der Waals surface area contributed by atoms with E-state index in [0.717, 1.165) is 37.3 Å². The maximum Gasteiger partial charge on any atom is 0.433 e. The van der Waals surface area contributed by atoms with E-state index in [1.165, 1.54) is 6.07 Å². The van der Waals surface area contributed by atoms with Crippen molar-refractivity contribution in [3.05, 3.63) is 77.5 Å². The first-order chi connectivity index (χ1) is 15.2. The van der Waals surface area contributed by atoms with Crippen molar-refractivity contribution in [2.45, 2.75) is 43.4 Å². The summed E-state index contributed by atoms with van der Waals surface area (Å²) in [6.45, 7) is 0. The molecule has 0 spiro atoms. The van der Waals surface area contributed by atoms with E-state index in [9.17, 15) is 18.0 Å². The normalized spacial score (nSPS) is 16.9. The molecule has 1 N–H and O–H groups in total. The van der Waals surface area contributed by atoms with E-state index in [4.69, 9.17) is 0 Å². The maximum absolute atomic E-state index is 13.5. The molecule has 1 fully saturated rings. The van der Waals surface area contributed by atoms with E-state index in [-0.39, 0.29) is 22.7 Å². The zero-order valence-corrected chi connectivity index (χ0v) is 18.1. The van der Waals surface area contributed by atoms with Gasteiger partial charge in [-0.2, -0.15) is 13.2 Å². The molecular formula is C25H26F3N3O. The number of nitrogens with zero attached hydrogens (tertiary/aromatic N) is 2. The minimum Gasteiger partial charge on any atom is -0.343 e. The second kappa shape index (κ2) is 8.54. The van der Waals surface area contributed by atoms with Crippen molar-refractivity contribution >= 4 is 16.8 Å². The number of rotatable bonds is 5. The summed E-state index contributed by atoms with van der Waals surface area (Å²) in [5.74, 6) is -0.531. The zero-order chi connectivity index (χ0) is 22.9. The molecule has 1 heterocycles. The molecule has 0 radical (unpaired) electrons. The van der Waals surface area contributed by atoms with Crippen LogP contribution in [0.25, 0.3) is 10.9 Å². The fourth-order valence-electron chi connectivity index (χ4n) is 4.87. The lowest BCUT2D eigenvalue weighted by molar-refractivity contribution is -0.140. The summed E-state index contributed by atoms with van der Waals surface area (Å²) in [5.41, 5.74) is -0.318. The smallest absolute Gasteiger partial charge is 0.343 e. The molecule has 4 rings (SSSR count). The Bertz CT molecular complexity index is 1110. The fraction of sp³-hybridized carbons (Fsp3) is 0.360. The minimum atomic E-state index is -4.64. The minimum absolute atomic E-state index is 0.0178. The molecule has 1 amide bonds. The molecule has 0 bridgehead atoms. The highest BCUT2D eigenvalue weighted by molar-refractivity contribution is 6.06. The van der Waals surface area contributed by atoms with Crippen molar-refractivity contribution in [1.29, 1.82) is 0 Å². The van der Waals surface area contributed by atoms with Gasteiger partial charge in [0.2, 0.25) is 0 Å². The van der Waals surface area contributed by atoms with E-state index >= 15 is 0 Å². The molecule has 1 aromatic heterocycles. The number of aromatic nitrogens is 1. The lowest BCUT2D eigenvalue weighted by Gasteiger charge is -2.44. The summed E-state index contributed by atoms with van der Waals surface area (Å²) in [7, 11) is 3.99. The number of nitrogens with one attached hydrogen (secondary N) is 1. The van der Waals surface area contributed by atoms with Crippen LogP contribution in [0.3, 0.4) is 0 Å². The largest absolute Gasteiger partial charge is 0.433 e. The topological polar surface area (TPSA) is 45.2 Å². The van der Waals surface area contributed by atoms with Gasteiger partial charge in [-0.3, -0.25) is 4.79 Å². The van der Waals surface area contributed by atoms with Crippen molar-refractivity contribution < 1.29 is 18.0 Å². The number of para-hydroxylation sites is 1. The Morgan fingerprint density at radius 3 is 2.28 bits per heavy atom. The molecule has 168 valence electrons. The first kappa shape index (κ1) is 22.3. The number of fused-ring (bicyclic) bond motifs is 1. The number of carbonyl (C=O) groups excluding carboxylic acids is 1. The highest BCUT2D eigenvalue weighted by atomic mass is 19.4. The van der Waals surface area contributed by atoms with E-state index in [0.29, 0.717) is 5.39 Å². The van der Waals surface area contributed by atoms with Gasteiger partial charge in [0.05, 0.1) is 17.1 Å². The monoisotopic (exact) mass is 441 g/mol. The average molecular weight is 441 g/mol. The van der Waals surface area contributed by atoms with E-state index < -0.39 is 17.8 Å². The van der Waals surface area contributed by atoms with Gasteiger partial charge >= 0.3 is 6.18 Å². The summed E-state index contributed by atoms with van der Waals surface area (Å²) in [4.78, 5) is 19.4. The number of alkyl halides is 3. The van der Waals surface area contributed by atoms with Gasteiger partial charge in [0.25, 0.3) is 5.91 Å². The standard InChI is InChI=1S/C25H26F3N3O/c1-31(2)24(14-8-9-15-24)22(17-10-4-3-5-11-17)30-23(32)19-16-21(25(26,27)28)29-20-13-7-6-12-18(19)20/h3-7,10-13,16,22H,8-9,14-15H2,1-2H3,(H,30,32). The van der Waals surface area contributed by atoms with Crippen LogP contribution in [0.2, 0.25) is 0 Å². The van der Waals surface area contributed by atoms with Crippen molar-refractivity contribution in [3.8, 4) is 0 Å². The predicted molar refractivity (Wildman–Crippen MR) is 118 cm³/mol. The summed E-state index contributed by atoms with van der Waals surface area (Å²) in [6.07, 6.45) is -0.786. The average Bonchev–Trinajstić information content (AvgIpc) is 3.27. The number of pyridine rings is 1. The van der Waals surface area contributed by atoms with Crippen molar-refractivity contribution in [2.24, 2.45) is 0 Å². The highest BCUT2D eigenvalue weighted by Crippen LogP contribution is 2.43. The molecule has 2 aromatic carbocycles. The zero-order valence-electron chi connectivity index (χ0n) is 18.1. The number of likely N-dealkylation sites (N-methyl/N-ethyl adjacent to an activating group) is 1. The van der Waals surface area contributed by atoms with Crippen molar-refractivity contribution in [1.82, 2.24) is 15.2 Å². The van der Waals surface area contributed by atoms with Crippen LogP contribution in [0.15, 0.2) is 60.7 Å². The van der Waals surface area contributed by atoms with Gasteiger partial charge in [-0.05, 0) is 44.6 Å². The molecule has 32 heavy (non-hydrogen) atoms. The molecule has 0 aliphatic heterocycles. The Kier molecular flexibility index (Phi) is 5.95. The molecule has 1 atom stereocenters. The van der Waals surface area contributed by atoms with Crippen LogP contribution in [0.5, 0.6) is 0 Å². The van der Waals surface area contributed by atoms with Crippen LogP contribution in [-0.2, 0) is 6.18 Å². The molecule has 4 nitrogen and oxygen atoms in total. The summed E-state index contributed by atoms with van der Waals surface area (Å²) >= 11 is 0. The van der Waals surface area contributed by atoms with Crippen LogP contribution in [-0.4, -0.2) is 35.4 Å². The molecule has 1 saturated carbocycles. The van der Waals surface area contributed by atoms with Gasteiger partial charge in [-0.15, -0.1) is 0 Å². The molecule has 1 unspecified atom stereocenters. The summed E-state index contributed by atoms with van der Waals surface area (Å²) in [5, 5.41) is 3.51.